The molecule has 1 atom stereocenters. The molecule has 0 spiro atoms. The van der Waals surface area contributed by atoms with Crippen LogP contribution in [0.1, 0.15) is 13.3 Å². The smallest absolute Gasteiger partial charge is 0.248 e. The second-order valence-corrected chi connectivity index (χ2v) is 3.19. The minimum atomic E-state index is -0.392. The molecule has 0 aliphatic heterocycles. The van der Waals surface area contributed by atoms with E-state index in [1.165, 1.54) is 7.11 Å². The van der Waals surface area contributed by atoms with Crippen molar-refractivity contribution in [3.8, 4) is 0 Å². The number of carbonyl (C=O) groups excluding carboxylic acids is 1. The average Bonchev–Trinajstić information content (AvgIpc) is 2.75. The largest absolute Gasteiger partial charge is 0.372 e. The van der Waals surface area contributed by atoms with Crippen LogP contribution in [0.3, 0.4) is 0 Å². The number of methoxy groups -OCH3 is 1. The maximum atomic E-state index is 11.3. The number of rotatable bonds is 6. The number of carbonyl (C=O) groups is 1. The first-order valence-corrected chi connectivity index (χ1v) is 4.88. The van der Waals surface area contributed by atoms with E-state index in [0.29, 0.717) is 6.54 Å². The number of amides is 1. The second-order valence-electron chi connectivity index (χ2n) is 3.19. The quantitative estimate of drug-likeness (QED) is 0.664. The Bertz CT molecular complexity index is 286. The molecule has 15 heavy (non-hydrogen) atoms. The predicted molar refractivity (Wildman–Crippen MR) is 54.1 cm³/mol. The van der Waals surface area contributed by atoms with Gasteiger partial charge in [-0.2, -0.15) is 0 Å². The van der Waals surface area contributed by atoms with Crippen LogP contribution in [0.2, 0.25) is 0 Å². The molecule has 0 aliphatic carbocycles. The molecule has 84 valence electrons. The summed E-state index contributed by atoms with van der Waals surface area (Å²) in [7, 11) is 1.51. The van der Waals surface area contributed by atoms with Crippen molar-refractivity contribution in [1.82, 2.24) is 20.3 Å². The Morgan fingerprint density at radius 1 is 1.67 bits per heavy atom. The fourth-order valence-corrected chi connectivity index (χ4v) is 1.06. The Kier molecular flexibility index (Phi) is 4.76. The van der Waals surface area contributed by atoms with Crippen LogP contribution < -0.4 is 5.32 Å². The molecule has 1 aromatic rings. The first-order valence-electron chi connectivity index (χ1n) is 4.88. The summed E-state index contributed by atoms with van der Waals surface area (Å²) in [5.41, 5.74) is 0. The van der Waals surface area contributed by atoms with E-state index in [-0.39, 0.29) is 5.91 Å². The van der Waals surface area contributed by atoms with Gasteiger partial charge >= 0.3 is 0 Å². The zero-order valence-corrected chi connectivity index (χ0v) is 9.01. The lowest BCUT2D eigenvalue weighted by Gasteiger charge is -2.09. The Morgan fingerprint density at radius 2 is 2.47 bits per heavy atom. The number of ether oxygens (including phenoxy) is 1. The molecule has 0 saturated carbocycles. The van der Waals surface area contributed by atoms with Crippen molar-refractivity contribution >= 4 is 5.91 Å². The van der Waals surface area contributed by atoms with Gasteiger partial charge in [-0.15, -0.1) is 5.10 Å². The van der Waals surface area contributed by atoms with Gasteiger partial charge in [0.15, 0.2) is 0 Å². The first-order chi connectivity index (χ1) is 7.24. The van der Waals surface area contributed by atoms with Crippen molar-refractivity contribution in [1.29, 1.82) is 0 Å². The summed E-state index contributed by atoms with van der Waals surface area (Å²) >= 11 is 0. The molecule has 1 aromatic heterocycles. The number of nitrogens with zero attached hydrogens (tertiary/aromatic N) is 3. The highest BCUT2D eigenvalue weighted by Gasteiger charge is 2.09. The first kappa shape index (κ1) is 11.6. The van der Waals surface area contributed by atoms with Crippen molar-refractivity contribution in [2.45, 2.75) is 26.0 Å². The summed E-state index contributed by atoms with van der Waals surface area (Å²) in [6.07, 6.45) is 3.85. The molecule has 1 heterocycles. The van der Waals surface area contributed by atoms with E-state index in [4.69, 9.17) is 4.74 Å². The summed E-state index contributed by atoms with van der Waals surface area (Å²) in [5, 5.41) is 10.3. The molecule has 1 amide bonds. The molecule has 0 fully saturated rings. The highest BCUT2D eigenvalue weighted by atomic mass is 16.5. The summed E-state index contributed by atoms with van der Waals surface area (Å²) in [6.45, 7) is 3.08. The molecular formula is C9H16N4O2. The molecule has 0 saturated heterocycles. The standard InChI is InChI=1S/C9H16N4O2/c1-8(15-2)9(14)10-4-3-6-13-7-5-11-12-13/h5,7-8H,3-4,6H2,1-2H3,(H,10,14). The lowest BCUT2D eigenvalue weighted by Crippen LogP contribution is -2.34. The summed E-state index contributed by atoms with van der Waals surface area (Å²) in [4.78, 5) is 11.3. The maximum Gasteiger partial charge on any atom is 0.248 e. The van der Waals surface area contributed by atoms with Crippen LogP contribution in [0.15, 0.2) is 12.4 Å². The van der Waals surface area contributed by atoms with Crippen LogP contribution in [0.25, 0.3) is 0 Å². The van der Waals surface area contributed by atoms with Gasteiger partial charge in [-0.1, -0.05) is 5.21 Å². The van der Waals surface area contributed by atoms with Crippen molar-refractivity contribution in [2.75, 3.05) is 13.7 Å². The molecular weight excluding hydrogens is 196 g/mol. The van der Waals surface area contributed by atoms with E-state index < -0.39 is 6.10 Å². The van der Waals surface area contributed by atoms with Gasteiger partial charge in [0.25, 0.3) is 0 Å². The predicted octanol–water partition coefficient (Wildman–Crippen LogP) is -0.181. The van der Waals surface area contributed by atoms with Gasteiger partial charge in [0.1, 0.15) is 6.10 Å². The van der Waals surface area contributed by atoms with Gasteiger partial charge in [0, 0.05) is 26.4 Å². The SMILES string of the molecule is COC(C)C(=O)NCCCn1ccnn1. The highest BCUT2D eigenvalue weighted by molar-refractivity contribution is 5.80. The van der Waals surface area contributed by atoms with Gasteiger partial charge in [0.2, 0.25) is 5.91 Å². The third-order valence-electron chi connectivity index (χ3n) is 2.06. The topological polar surface area (TPSA) is 69.0 Å². The molecule has 0 radical (unpaired) electrons. The van der Waals surface area contributed by atoms with Crippen molar-refractivity contribution in [2.24, 2.45) is 0 Å². The van der Waals surface area contributed by atoms with Gasteiger partial charge in [-0.05, 0) is 13.3 Å². The zero-order valence-electron chi connectivity index (χ0n) is 9.01. The average molecular weight is 212 g/mol. The Hall–Kier alpha value is -1.43. The summed E-state index contributed by atoms with van der Waals surface area (Å²) in [5.74, 6) is -0.0870. The van der Waals surface area contributed by atoms with Crippen molar-refractivity contribution in [3.05, 3.63) is 12.4 Å². The molecule has 0 aromatic carbocycles. The minimum absolute atomic E-state index is 0.0870. The minimum Gasteiger partial charge on any atom is -0.372 e. The molecule has 6 heteroatoms. The van der Waals surface area contributed by atoms with Crippen molar-refractivity contribution in [3.63, 3.8) is 0 Å². The van der Waals surface area contributed by atoms with Gasteiger partial charge in [-0.3, -0.25) is 9.48 Å². The van der Waals surface area contributed by atoms with Crippen LogP contribution in [0, 0.1) is 0 Å². The number of aryl methyl sites for hydroxylation is 1. The molecule has 0 aliphatic rings. The van der Waals surface area contributed by atoms with Gasteiger partial charge in [-0.25, -0.2) is 0 Å². The van der Waals surface area contributed by atoms with Crippen LogP contribution in [0.4, 0.5) is 0 Å². The van der Waals surface area contributed by atoms with Crippen LogP contribution in [-0.4, -0.2) is 40.7 Å². The molecule has 1 N–H and O–H groups in total. The number of aromatic nitrogens is 3. The van der Waals surface area contributed by atoms with E-state index in [1.54, 1.807) is 24.0 Å². The molecule has 1 unspecified atom stereocenters. The highest BCUT2D eigenvalue weighted by Crippen LogP contribution is 1.89. The van der Waals surface area contributed by atoms with E-state index in [1.807, 2.05) is 0 Å². The second kappa shape index (κ2) is 6.13. The fourth-order valence-electron chi connectivity index (χ4n) is 1.06. The number of hydrogen-bond acceptors (Lipinski definition) is 4. The Labute approximate surface area is 88.6 Å². The fraction of sp³-hybridized carbons (Fsp3) is 0.667. The molecule has 1 rings (SSSR count). The zero-order chi connectivity index (χ0) is 11.1. The summed E-state index contributed by atoms with van der Waals surface area (Å²) < 4.78 is 6.60. The number of nitrogens with one attached hydrogen (secondary N) is 1. The van der Waals surface area contributed by atoms with E-state index in [2.05, 4.69) is 15.6 Å². The lowest BCUT2D eigenvalue weighted by atomic mass is 10.3. The van der Waals surface area contributed by atoms with E-state index in [0.717, 1.165) is 13.0 Å². The summed E-state index contributed by atoms with van der Waals surface area (Å²) in [6, 6.07) is 0. The lowest BCUT2D eigenvalue weighted by molar-refractivity contribution is -0.130. The number of hydrogen-bond donors (Lipinski definition) is 1. The molecule has 0 bridgehead atoms. The van der Waals surface area contributed by atoms with Crippen LogP contribution in [-0.2, 0) is 16.1 Å². The monoisotopic (exact) mass is 212 g/mol. The third-order valence-corrected chi connectivity index (χ3v) is 2.06. The van der Waals surface area contributed by atoms with Crippen LogP contribution in [0.5, 0.6) is 0 Å². The Morgan fingerprint density at radius 3 is 3.07 bits per heavy atom. The molecule has 6 nitrogen and oxygen atoms in total. The third kappa shape index (κ3) is 4.07. The van der Waals surface area contributed by atoms with Crippen molar-refractivity contribution < 1.29 is 9.53 Å². The van der Waals surface area contributed by atoms with Gasteiger partial charge in [0.05, 0.1) is 6.20 Å². The van der Waals surface area contributed by atoms with E-state index >= 15 is 0 Å². The maximum absolute atomic E-state index is 11.3. The normalized spacial score (nSPS) is 12.4. The van der Waals surface area contributed by atoms with Crippen LogP contribution >= 0.6 is 0 Å². The van der Waals surface area contributed by atoms with Gasteiger partial charge < -0.3 is 10.1 Å². The Balaban J connectivity index is 2.09. The van der Waals surface area contributed by atoms with E-state index in [9.17, 15) is 4.79 Å².